The van der Waals surface area contributed by atoms with E-state index in [0.717, 1.165) is 45.6 Å². The van der Waals surface area contributed by atoms with Crippen LogP contribution in [-0.4, -0.2) is 84.6 Å². The summed E-state index contributed by atoms with van der Waals surface area (Å²) in [5, 5.41) is 7.64. The molecule has 11 nitrogen and oxygen atoms in total. The number of anilines is 3. The Hall–Kier alpha value is -3.52. The van der Waals surface area contributed by atoms with E-state index in [-0.39, 0.29) is 34.7 Å². The van der Waals surface area contributed by atoms with Crippen LogP contribution in [0.25, 0.3) is 22.4 Å². The number of piperidine rings is 1. The minimum absolute atomic E-state index is 0.0486. The highest BCUT2D eigenvalue weighted by molar-refractivity contribution is 7.92. The third-order valence-electron chi connectivity index (χ3n) is 8.57. The largest absolute Gasteiger partial charge is 0.610 e. The van der Waals surface area contributed by atoms with Gasteiger partial charge in [0.1, 0.15) is 16.7 Å². The van der Waals surface area contributed by atoms with Gasteiger partial charge in [-0.1, -0.05) is 0 Å². The van der Waals surface area contributed by atoms with Crippen molar-refractivity contribution in [1.82, 2.24) is 34.3 Å². The van der Waals surface area contributed by atoms with Gasteiger partial charge in [-0.05, 0) is 52.1 Å². The van der Waals surface area contributed by atoms with Crippen molar-refractivity contribution >= 4 is 39.5 Å². The predicted molar refractivity (Wildman–Crippen MR) is 173 cm³/mol. The van der Waals surface area contributed by atoms with Gasteiger partial charge in [0.2, 0.25) is 5.95 Å². The second kappa shape index (κ2) is 12.5. The minimum Gasteiger partial charge on any atom is -0.610 e. The van der Waals surface area contributed by atoms with Crippen LogP contribution in [0.2, 0.25) is 0 Å². The molecular weight excluding hydrogens is 581 g/mol. The van der Waals surface area contributed by atoms with Crippen molar-refractivity contribution in [1.29, 1.82) is 0 Å². The molecule has 2 fully saturated rings. The molecule has 234 valence electrons. The first kappa shape index (κ1) is 30.5. The zero-order chi connectivity index (χ0) is 31.1. The normalized spacial score (nSPS) is 19.2. The van der Waals surface area contributed by atoms with Gasteiger partial charge < -0.3 is 29.6 Å². The molecule has 4 aromatic rings. The average Bonchev–Trinajstić information content (AvgIpc) is 3.38. The van der Waals surface area contributed by atoms with Crippen LogP contribution in [0.4, 0.5) is 21.7 Å². The van der Waals surface area contributed by atoms with Crippen molar-refractivity contribution in [2.75, 3.05) is 50.0 Å². The van der Waals surface area contributed by atoms with Gasteiger partial charge in [-0.25, -0.2) is 9.37 Å². The second-order valence-electron chi connectivity index (χ2n) is 12.2. The molecule has 2 aliphatic heterocycles. The summed E-state index contributed by atoms with van der Waals surface area (Å²) in [6.07, 6.45) is 5.13. The summed E-state index contributed by atoms with van der Waals surface area (Å²) in [7, 11) is 3.89. The van der Waals surface area contributed by atoms with Gasteiger partial charge in [0, 0.05) is 93.1 Å². The topological polar surface area (TPSA) is 119 Å². The maximum atomic E-state index is 15.2. The Labute approximate surface area is 259 Å². The van der Waals surface area contributed by atoms with E-state index in [9.17, 15) is 9.35 Å². The Kier molecular flexibility index (Phi) is 8.64. The Balaban J connectivity index is 1.30. The number of hydrogen-bond donors (Lipinski definition) is 2. The fourth-order valence-electron chi connectivity index (χ4n) is 6.12. The molecular formula is C31H40FN9O2S. The molecule has 2 atom stereocenters. The lowest BCUT2D eigenvalue weighted by Gasteiger charge is -2.36. The third kappa shape index (κ3) is 5.93. The number of piperazine rings is 1. The SMILES string of the molecule is CC1CNCCN1c1ccc(Nc2ncc3cc(-c4nc([S+]([O-])C5CCN(C)CC5)cn4C)c(=O)n(C(C)C)c3n2)cc1F. The third-order valence-corrected chi connectivity index (χ3v) is 10.3. The summed E-state index contributed by atoms with van der Waals surface area (Å²) >= 11 is -1.26. The van der Waals surface area contributed by atoms with E-state index >= 15 is 4.39 Å². The van der Waals surface area contributed by atoms with Gasteiger partial charge in [-0.2, -0.15) is 9.97 Å². The molecule has 5 heterocycles. The number of halogens is 1. The molecule has 44 heavy (non-hydrogen) atoms. The first-order chi connectivity index (χ1) is 21.1. The quantitative estimate of drug-likeness (QED) is 0.298. The molecule has 2 aliphatic rings. The van der Waals surface area contributed by atoms with Gasteiger partial charge >= 0.3 is 0 Å². The van der Waals surface area contributed by atoms with Crippen LogP contribution in [0.3, 0.4) is 0 Å². The van der Waals surface area contributed by atoms with E-state index in [1.54, 1.807) is 33.7 Å². The van der Waals surface area contributed by atoms with E-state index in [2.05, 4.69) is 44.4 Å². The van der Waals surface area contributed by atoms with Crippen molar-refractivity contribution in [3.63, 3.8) is 0 Å². The Morgan fingerprint density at radius 1 is 1.14 bits per heavy atom. The number of likely N-dealkylation sites (tertiary alicyclic amines) is 1. The summed E-state index contributed by atoms with van der Waals surface area (Å²) < 4.78 is 31.9. The molecule has 13 heteroatoms. The molecule has 2 N–H and O–H groups in total. The molecule has 2 saturated heterocycles. The molecule has 0 aliphatic carbocycles. The molecule has 3 aromatic heterocycles. The predicted octanol–water partition coefficient (Wildman–Crippen LogP) is 3.66. The number of rotatable bonds is 7. The maximum Gasteiger partial charge on any atom is 0.263 e. The van der Waals surface area contributed by atoms with Gasteiger partial charge in [-0.15, -0.1) is 0 Å². The number of aromatic nitrogens is 5. The molecule has 0 radical (unpaired) electrons. The van der Waals surface area contributed by atoms with Gasteiger partial charge in [0.15, 0.2) is 5.82 Å². The maximum absolute atomic E-state index is 15.2. The number of fused-ring (bicyclic) bond motifs is 1. The fraction of sp³-hybridized carbons (Fsp3) is 0.484. The first-order valence-electron chi connectivity index (χ1n) is 15.2. The van der Waals surface area contributed by atoms with Crippen molar-refractivity contribution < 1.29 is 8.94 Å². The number of aryl methyl sites for hydroxylation is 1. The Morgan fingerprint density at radius 3 is 2.61 bits per heavy atom. The van der Waals surface area contributed by atoms with Gasteiger partial charge in [0.25, 0.3) is 10.6 Å². The highest BCUT2D eigenvalue weighted by Crippen LogP contribution is 2.29. The highest BCUT2D eigenvalue weighted by Gasteiger charge is 2.32. The molecule has 0 saturated carbocycles. The zero-order valence-corrected chi connectivity index (χ0v) is 26.7. The standard InChI is InChI=1S/C31H40FN9O2S/c1-19(2)41-28-21(14-24(30(41)42)29-36-27(18-39(29)5)44(43)23-8-11-38(4)12-9-23)17-34-31(37-28)35-22-6-7-26(25(32)15-22)40-13-10-33-16-20(40)3/h6-7,14-15,17-20,23,33H,8-13,16H2,1-5H3,(H,34,35,37). The summed E-state index contributed by atoms with van der Waals surface area (Å²) in [6, 6.07) is 6.76. The van der Waals surface area contributed by atoms with Crippen molar-refractivity contribution in [3.05, 3.63) is 52.8 Å². The van der Waals surface area contributed by atoms with E-state index in [1.165, 1.54) is 6.07 Å². The second-order valence-corrected chi connectivity index (χ2v) is 13.8. The number of pyridine rings is 1. The number of imidazole rings is 1. The lowest BCUT2D eigenvalue weighted by atomic mass is 10.1. The first-order valence-corrected chi connectivity index (χ1v) is 16.4. The monoisotopic (exact) mass is 621 g/mol. The summed E-state index contributed by atoms with van der Waals surface area (Å²) in [4.78, 5) is 32.1. The molecule has 1 aromatic carbocycles. The Bertz CT molecular complexity index is 1720. The van der Waals surface area contributed by atoms with Crippen molar-refractivity contribution in [2.24, 2.45) is 7.05 Å². The number of benzene rings is 1. The zero-order valence-electron chi connectivity index (χ0n) is 25.9. The lowest BCUT2D eigenvalue weighted by Crippen LogP contribution is -2.50. The summed E-state index contributed by atoms with van der Waals surface area (Å²) in [5.74, 6) is 0.396. The molecule has 0 spiro atoms. The van der Waals surface area contributed by atoms with E-state index in [1.807, 2.05) is 27.0 Å². The Morgan fingerprint density at radius 2 is 1.91 bits per heavy atom. The van der Waals surface area contributed by atoms with Crippen molar-refractivity contribution in [2.45, 2.75) is 56.0 Å². The van der Waals surface area contributed by atoms with Crippen molar-refractivity contribution in [3.8, 4) is 11.4 Å². The van der Waals surface area contributed by atoms with Crippen LogP contribution in [0.15, 0.2) is 46.5 Å². The summed E-state index contributed by atoms with van der Waals surface area (Å²) in [6.45, 7) is 10.1. The van der Waals surface area contributed by atoms with Crippen LogP contribution >= 0.6 is 0 Å². The van der Waals surface area contributed by atoms with E-state index in [0.29, 0.717) is 38.8 Å². The number of nitrogens with one attached hydrogen (secondary N) is 2. The molecule has 0 bridgehead atoms. The van der Waals surface area contributed by atoms with E-state index in [4.69, 9.17) is 4.98 Å². The molecule has 0 amide bonds. The van der Waals surface area contributed by atoms with Crippen LogP contribution in [-0.2, 0) is 18.2 Å². The highest BCUT2D eigenvalue weighted by atomic mass is 32.2. The van der Waals surface area contributed by atoms with Crippen LogP contribution in [0, 0.1) is 5.82 Å². The van der Waals surface area contributed by atoms with Gasteiger partial charge in [-0.3, -0.25) is 9.36 Å². The average molecular weight is 622 g/mol. The fourth-order valence-corrected chi connectivity index (χ4v) is 7.54. The van der Waals surface area contributed by atoms with Crippen LogP contribution < -0.4 is 21.1 Å². The molecule has 6 rings (SSSR count). The van der Waals surface area contributed by atoms with Crippen LogP contribution in [0.1, 0.15) is 39.7 Å². The minimum atomic E-state index is -1.26. The van der Waals surface area contributed by atoms with Gasteiger partial charge in [0.05, 0.1) is 17.4 Å². The number of nitrogens with zero attached hydrogens (tertiary/aromatic N) is 7. The summed E-state index contributed by atoms with van der Waals surface area (Å²) in [5.41, 5.74) is 1.69. The van der Waals surface area contributed by atoms with Crippen LogP contribution in [0.5, 0.6) is 0 Å². The van der Waals surface area contributed by atoms with E-state index < -0.39 is 11.2 Å². The number of hydrogen-bond acceptors (Lipinski definition) is 9. The lowest BCUT2D eigenvalue weighted by molar-refractivity contribution is 0.277. The smallest absolute Gasteiger partial charge is 0.263 e. The molecule has 2 unspecified atom stereocenters.